The SMILES string of the molecule is FC(F)(F)c1cccc2nc(Cl)cc(Cl)c12. The van der Waals surface area contributed by atoms with Crippen molar-refractivity contribution in [1.29, 1.82) is 0 Å². The number of aromatic nitrogens is 1. The van der Waals surface area contributed by atoms with Crippen LogP contribution in [0.15, 0.2) is 24.3 Å². The van der Waals surface area contributed by atoms with Crippen molar-refractivity contribution in [2.45, 2.75) is 6.18 Å². The molecule has 0 saturated carbocycles. The summed E-state index contributed by atoms with van der Waals surface area (Å²) in [5, 5.41) is -0.110. The molecule has 2 rings (SSSR count). The first kappa shape index (κ1) is 11.5. The molecule has 0 aliphatic heterocycles. The van der Waals surface area contributed by atoms with E-state index >= 15 is 0 Å². The van der Waals surface area contributed by atoms with Crippen molar-refractivity contribution in [3.05, 3.63) is 40.0 Å². The zero-order valence-electron chi connectivity index (χ0n) is 7.65. The van der Waals surface area contributed by atoms with E-state index in [1.54, 1.807) is 0 Å². The molecule has 1 aromatic heterocycles. The quantitative estimate of drug-likeness (QED) is 0.637. The molecule has 1 heterocycles. The van der Waals surface area contributed by atoms with Gasteiger partial charge in [-0.3, -0.25) is 0 Å². The molecule has 1 aromatic carbocycles. The predicted molar refractivity (Wildman–Crippen MR) is 56.8 cm³/mol. The summed E-state index contributed by atoms with van der Waals surface area (Å²) >= 11 is 11.4. The topological polar surface area (TPSA) is 12.9 Å². The minimum atomic E-state index is -4.46. The average molecular weight is 266 g/mol. The number of alkyl halides is 3. The van der Waals surface area contributed by atoms with Gasteiger partial charge in [-0.15, -0.1) is 0 Å². The lowest BCUT2D eigenvalue weighted by Crippen LogP contribution is -2.06. The standard InChI is InChI=1S/C10H4Cl2F3N/c11-6-4-8(12)16-7-3-1-2-5(9(6)7)10(13,14)15/h1-4H. The lowest BCUT2D eigenvalue weighted by molar-refractivity contribution is -0.136. The Morgan fingerprint density at radius 1 is 1.12 bits per heavy atom. The van der Waals surface area contributed by atoms with Crippen LogP contribution in [0.25, 0.3) is 10.9 Å². The van der Waals surface area contributed by atoms with Crippen LogP contribution < -0.4 is 0 Å². The normalized spacial score (nSPS) is 12.1. The second-order valence-corrected chi connectivity index (χ2v) is 3.92. The highest BCUT2D eigenvalue weighted by atomic mass is 35.5. The molecule has 84 valence electrons. The molecule has 16 heavy (non-hydrogen) atoms. The van der Waals surface area contributed by atoms with E-state index in [0.717, 1.165) is 6.07 Å². The van der Waals surface area contributed by atoms with E-state index in [1.165, 1.54) is 18.2 Å². The second kappa shape index (κ2) is 3.79. The van der Waals surface area contributed by atoms with E-state index in [2.05, 4.69) is 4.98 Å². The van der Waals surface area contributed by atoms with Crippen molar-refractivity contribution >= 4 is 34.1 Å². The first-order valence-corrected chi connectivity index (χ1v) is 4.97. The Bertz CT molecular complexity index is 551. The summed E-state index contributed by atoms with van der Waals surface area (Å²) in [6.07, 6.45) is -4.46. The summed E-state index contributed by atoms with van der Waals surface area (Å²) < 4.78 is 38.0. The molecule has 0 fully saturated rings. The van der Waals surface area contributed by atoms with Crippen LogP contribution in [0.3, 0.4) is 0 Å². The van der Waals surface area contributed by atoms with Gasteiger partial charge in [0.1, 0.15) is 5.15 Å². The van der Waals surface area contributed by atoms with Crippen LogP contribution in [-0.2, 0) is 6.18 Å². The maximum Gasteiger partial charge on any atom is 0.417 e. The number of hydrogen-bond donors (Lipinski definition) is 0. The molecule has 0 radical (unpaired) electrons. The van der Waals surface area contributed by atoms with Crippen molar-refractivity contribution in [2.75, 3.05) is 0 Å². The molecule has 0 saturated heterocycles. The van der Waals surface area contributed by atoms with Gasteiger partial charge in [-0.05, 0) is 18.2 Å². The minimum absolute atomic E-state index is 0.0528. The number of nitrogens with zero attached hydrogens (tertiary/aromatic N) is 1. The van der Waals surface area contributed by atoms with Crippen LogP contribution in [0.1, 0.15) is 5.56 Å². The van der Waals surface area contributed by atoms with Crippen LogP contribution in [0.2, 0.25) is 10.2 Å². The number of pyridine rings is 1. The molecule has 0 aliphatic carbocycles. The molecule has 0 bridgehead atoms. The molecule has 2 aromatic rings. The Kier molecular flexibility index (Phi) is 2.72. The summed E-state index contributed by atoms with van der Waals surface area (Å²) in [6.45, 7) is 0. The van der Waals surface area contributed by atoms with E-state index in [9.17, 15) is 13.2 Å². The van der Waals surface area contributed by atoms with Crippen LogP contribution in [-0.4, -0.2) is 4.98 Å². The Hall–Kier alpha value is -1.000. The highest BCUT2D eigenvalue weighted by molar-refractivity contribution is 6.38. The van der Waals surface area contributed by atoms with E-state index < -0.39 is 11.7 Å². The molecule has 0 aliphatic rings. The first-order valence-electron chi connectivity index (χ1n) is 4.21. The first-order chi connectivity index (χ1) is 7.39. The van der Waals surface area contributed by atoms with Crippen molar-refractivity contribution < 1.29 is 13.2 Å². The fourth-order valence-corrected chi connectivity index (χ4v) is 2.00. The third kappa shape index (κ3) is 1.95. The lowest BCUT2D eigenvalue weighted by atomic mass is 10.1. The maximum atomic E-state index is 12.7. The molecule has 0 atom stereocenters. The molecule has 1 nitrogen and oxygen atoms in total. The predicted octanol–water partition coefficient (Wildman–Crippen LogP) is 4.56. The van der Waals surface area contributed by atoms with Gasteiger partial charge >= 0.3 is 6.18 Å². The number of benzene rings is 1. The monoisotopic (exact) mass is 265 g/mol. The van der Waals surface area contributed by atoms with Crippen molar-refractivity contribution in [2.24, 2.45) is 0 Å². The fraction of sp³-hybridized carbons (Fsp3) is 0.100. The van der Waals surface area contributed by atoms with Gasteiger partial charge in [0.2, 0.25) is 0 Å². The van der Waals surface area contributed by atoms with Gasteiger partial charge in [-0.2, -0.15) is 13.2 Å². The lowest BCUT2D eigenvalue weighted by Gasteiger charge is -2.11. The largest absolute Gasteiger partial charge is 0.417 e. The summed E-state index contributed by atoms with van der Waals surface area (Å²) in [5.74, 6) is 0. The minimum Gasteiger partial charge on any atom is -0.236 e. The second-order valence-electron chi connectivity index (χ2n) is 3.12. The molecule has 0 N–H and O–H groups in total. The molecule has 6 heteroatoms. The van der Waals surface area contributed by atoms with Gasteiger partial charge in [0.15, 0.2) is 0 Å². The number of halogens is 5. The Morgan fingerprint density at radius 3 is 2.44 bits per heavy atom. The van der Waals surface area contributed by atoms with E-state index in [-0.39, 0.29) is 21.1 Å². The van der Waals surface area contributed by atoms with Crippen LogP contribution in [0, 0.1) is 0 Å². The zero-order valence-corrected chi connectivity index (χ0v) is 9.16. The summed E-state index contributed by atoms with van der Waals surface area (Å²) in [4.78, 5) is 3.79. The summed E-state index contributed by atoms with van der Waals surface area (Å²) in [6, 6.07) is 4.86. The highest BCUT2D eigenvalue weighted by Crippen LogP contribution is 2.37. The summed E-state index contributed by atoms with van der Waals surface area (Å²) in [7, 11) is 0. The van der Waals surface area contributed by atoms with Gasteiger partial charge in [-0.25, -0.2) is 4.98 Å². The van der Waals surface area contributed by atoms with Crippen LogP contribution in [0.4, 0.5) is 13.2 Å². The van der Waals surface area contributed by atoms with Crippen LogP contribution in [0.5, 0.6) is 0 Å². The third-order valence-electron chi connectivity index (χ3n) is 2.06. The number of fused-ring (bicyclic) bond motifs is 1. The molecule has 0 amide bonds. The van der Waals surface area contributed by atoms with E-state index in [1.807, 2.05) is 0 Å². The van der Waals surface area contributed by atoms with E-state index in [0.29, 0.717) is 0 Å². The molecule has 0 unspecified atom stereocenters. The molecule has 0 spiro atoms. The van der Waals surface area contributed by atoms with E-state index in [4.69, 9.17) is 23.2 Å². The van der Waals surface area contributed by atoms with Crippen molar-refractivity contribution in [3.8, 4) is 0 Å². The Morgan fingerprint density at radius 2 is 1.81 bits per heavy atom. The third-order valence-corrected chi connectivity index (χ3v) is 2.55. The van der Waals surface area contributed by atoms with Gasteiger partial charge < -0.3 is 0 Å². The number of hydrogen-bond acceptors (Lipinski definition) is 1. The average Bonchev–Trinajstić information content (AvgIpc) is 2.14. The van der Waals surface area contributed by atoms with Crippen LogP contribution >= 0.6 is 23.2 Å². The van der Waals surface area contributed by atoms with Gasteiger partial charge in [-0.1, -0.05) is 29.3 Å². The number of rotatable bonds is 0. The van der Waals surface area contributed by atoms with Crippen molar-refractivity contribution in [3.63, 3.8) is 0 Å². The zero-order chi connectivity index (χ0) is 11.9. The molecular weight excluding hydrogens is 262 g/mol. The summed E-state index contributed by atoms with van der Waals surface area (Å²) in [5.41, 5.74) is -0.675. The van der Waals surface area contributed by atoms with Crippen molar-refractivity contribution in [1.82, 2.24) is 4.98 Å². The smallest absolute Gasteiger partial charge is 0.236 e. The molecular formula is C10H4Cl2F3N. The highest BCUT2D eigenvalue weighted by Gasteiger charge is 2.33. The maximum absolute atomic E-state index is 12.7. The van der Waals surface area contributed by atoms with Gasteiger partial charge in [0, 0.05) is 5.39 Å². The Labute approximate surface area is 98.8 Å². The Balaban J connectivity index is 2.87. The fourth-order valence-electron chi connectivity index (χ4n) is 1.44. The van der Waals surface area contributed by atoms with Gasteiger partial charge in [0.25, 0.3) is 0 Å². The van der Waals surface area contributed by atoms with Gasteiger partial charge in [0.05, 0.1) is 16.1 Å².